The number of fused-ring (bicyclic) bond motifs is 1. The smallest absolute Gasteiger partial charge is 0.263 e. The predicted molar refractivity (Wildman–Crippen MR) is 92.8 cm³/mol. The average Bonchev–Trinajstić information content (AvgIpc) is 2.91. The first-order chi connectivity index (χ1) is 9.87. The van der Waals surface area contributed by atoms with E-state index in [0.717, 1.165) is 33.8 Å². The van der Waals surface area contributed by atoms with Gasteiger partial charge >= 0.3 is 0 Å². The third kappa shape index (κ3) is 2.81. The molecule has 21 heavy (non-hydrogen) atoms. The van der Waals surface area contributed by atoms with E-state index in [9.17, 15) is 4.79 Å². The summed E-state index contributed by atoms with van der Waals surface area (Å²) in [4.78, 5) is 13.1. The Kier molecular flexibility index (Phi) is 3.74. The van der Waals surface area contributed by atoms with Gasteiger partial charge in [0.25, 0.3) is 5.91 Å². The summed E-state index contributed by atoms with van der Waals surface area (Å²) in [6.45, 7) is 4.51. The number of hydrogen-bond acceptors (Lipinski definition) is 3. The van der Waals surface area contributed by atoms with Crippen LogP contribution in [-0.2, 0) is 0 Å². The van der Waals surface area contributed by atoms with Crippen LogP contribution >= 0.6 is 27.3 Å². The first kappa shape index (κ1) is 14.9. The minimum Gasteiger partial charge on any atom is -0.397 e. The Hall–Kier alpha value is -1.07. The summed E-state index contributed by atoms with van der Waals surface area (Å²) in [6, 6.07) is 6.17. The quantitative estimate of drug-likeness (QED) is 0.818. The van der Waals surface area contributed by atoms with Gasteiger partial charge in [-0.3, -0.25) is 4.79 Å². The fourth-order valence-electron chi connectivity index (χ4n) is 3.11. The van der Waals surface area contributed by atoms with Crippen LogP contribution in [0.4, 0.5) is 5.69 Å². The van der Waals surface area contributed by atoms with Gasteiger partial charge in [-0.1, -0.05) is 35.8 Å². The summed E-state index contributed by atoms with van der Waals surface area (Å²) in [5, 5.41) is 4.09. The van der Waals surface area contributed by atoms with Gasteiger partial charge in [-0.05, 0) is 36.8 Å². The minimum atomic E-state index is -0.0386. The molecule has 1 heterocycles. The topological polar surface area (TPSA) is 55.1 Å². The number of benzene rings is 1. The van der Waals surface area contributed by atoms with Crippen LogP contribution in [0, 0.1) is 5.41 Å². The molecular formula is C16H19BrN2OS. The van der Waals surface area contributed by atoms with Crippen molar-refractivity contribution in [2.75, 3.05) is 5.73 Å². The Morgan fingerprint density at radius 3 is 2.86 bits per heavy atom. The molecule has 1 aliphatic rings. The van der Waals surface area contributed by atoms with Gasteiger partial charge in [0.05, 0.1) is 5.69 Å². The molecule has 1 unspecified atom stereocenters. The van der Waals surface area contributed by atoms with E-state index in [1.54, 1.807) is 0 Å². The summed E-state index contributed by atoms with van der Waals surface area (Å²) < 4.78 is 1.98. The number of amides is 1. The van der Waals surface area contributed by atoms with Gasteiger partial charge in [-0.2, -0.15) is 0 Å². The normalized spacial score (nSPS) is 20.8. The Morgan fingerprint density at radius 2 is 2.24 bits per heavy atom. The van der Waals surface area contributed by atoms with Crippen LogP contribution in [0.15, 0.2) is 22.7 Å². The lowest BCUT2D eigenvalue weighted by molar-refractivity contribution is 0.0941. The molecule has 1 aromatic heterocycles. The molecule has 1 amide bonds. The number of anilines is 1. The van der Waals surface area contributed by atoms with Crippen molar-refractivity contribution < 1.29 is 4.79 Å². The van der Waals surface area contributed by atoms with E-state index in [-0.39, 0.29) is 11.9 Å². The van der Waals surface area contributed by atoms with Crippen LogP contribution in [-0.4, -0.2) is 11.9 Å². The van der Waals surface area contributed by atoms with Crippen LogP contribution in [0.5, 0.6) is 0 Å². The Morgan fingerprint density at radius 1 is 1.48 bits per heavy atom. The molecule has 0 radical (unpaired) electrons. The second-order valence-corrected chi connectivity index (χ2v) is 8.44. The first-order valence-electron chi connectivity index (χ1n) is 7.15. The van der Waals surface area contributed by atoms with Gasteiger partial charge in [0, 0.05) is 20.6 Å². The monoisotopic (exact) mass is 366 g/mol. The van der Waals surface area contributed by atoms with Gasteiger partial charge in [0.15, 0.2) is 0 Å². The van der Waals surface area contributed by atoms with Crippen molar-refractivity contribution in [2.45, 2.75) is 39.2 Å². The average molecular weight is 367 g/mol. The van der Waals surface area contributed by atoms with Crippen molar-refractivity contribution in [3.05, 3.63) is 27.5 Å². The minimum absolute atomic E-state index is 0.0386. The van der Waals surface area contributed by atoms with Gasteiger partial charge in [-0.15, -0.1) is 11.3 Å². The molecule has 0 spiro atoms. The molecule has 0 saturated heterocycles. The molecular weight excluding hydrogens is 348 g/mol. The number of thiophene rings is 1. The van der Waals surface area contributed by atoms with Crippen LogP contribution in [0.2, 0.25) is 0 Å². The fraction of sp³-hybridized carbons (Fsp3) is 0.438. The van der Waals surface area contributed by atoms with Crippen molar-refractivity contribution in [3.8, 4) is 0 Å². The van der Waals surface area contributed by atoms with E-state index in [2.05, 4.69) is 35.1 Å². The number of rotatable bonds is 2. The Balaban J connectivity index is 1.86. The molecule has 3 rings (SSSR count). The Bertz CT molecular complexity index is 708. The summed E-state index contributed by atoms with van der Waals surface area (Å²) in [7, 11) is 0. The molecule has 0 bridgehead atoms. The summed E-state index contributed by atoms with van der Waals surface area (Å²) >= 11 is 4.97. The standard InChI is InChI=1S/C16H19BrN2OS/c1-16(2)7-6-9(8-16)19-15(20)14-13(18)12-10(17)4-3-5-11(12)21-14/h3-5,9H,6-8,18H2,1-2H3,(H,19,20). The number of halogens is 1. The van der Waals surface area contributed by atoms with Crippen molar-refractivity contribution in [1.29, 1.82) is 0 Å². The van der Waals surface area contributed by atoms with Crippen LogP contribution < -0.4 is 11.1 Å². The zero-order chi connectivity index (χ0) is 15.2. The second-order valence-electron chi connectivity index (χ2n) is 6.54. The van der Waals surface area contributed by atoms with Crippen LogP contribution in [0.25, 0.3) is 10.1 Å². The molecule has 112 valence electrons. The summed E-state index contributed by atoms with van der Waals surface area (Å²) in [5.74, 6) is -0.0386. The fourth-order valence-corrected chi connectivity index (χ4v) is 4.87. The molecule has 5 heteroatoms. The highest BCUT2D eigenvalue weighted by Crippen LogP contribution is 2.39. The van der Waals surface area contributed by atoms with Crippen molar-refractivity contribution in [2.24, 2.45) is 5.41 Å². The van der Waals surface area contributed by atoms with E-state index >= 15 is 0 Å². The molecule has 2 aromatic rings. The van der Waals surface area contributed by atoms with E-state index in [4.69, 9.17) is 5.73 Å². The lowest BCUT2D eigenvalue weighted by atomic mass is 9.92. The van der Waals surface area contributed by atoms with E-state index in [0.29, 0.717) is 16.0 Å². The van der Waals surface area contributed by atoms with Crippen molar-refractivity contribution >= 4 is 48.9 Å². The van der Waals surface area contributed by atoms with Gasteiger partial charge in [0.1, 0.15) is 4.88 Å². The van der Waals surface area contributed by atoms with Crippen LogP contribution in [0.3, 0.4) is 0 Å². The van der Waals surface area contributed by atoms with Crippen LogP contribution in [0.1, 0.15) is 42.8 Å². The Labute approximate surface area is 137 Å². The molecule has 1 aliphatic carbocycles. The molecule has 3 N–H and O–H groups in total. The molecule has 3 nitrogen and oxygen atoms in total. The molecule has 1 saturated carbocycles. The zero-order valence-electron chi connectivity index (χ0n) is 12.2. The zero-order valence-corrected chi connectivity index (χ0v) is 14.6. The van der Waals surface area contributed by atoms with E-state index in [1.165, 1.54) is 11.3 Å². The number of hydrogen-bond donors (Lipinski definition) is 2. The second kappa shape index (κ2) is 5.29. The number of carbonyl (C=O) groups excluding carboxylic acids is 1. The number of carbonyl (C=O) groups is 1. The maximum Gasteiger partial charge on any atom is 0.263 e. The third-order valence-electron chi connectivity index (χ3n) is 4.21. The lowest BCUT2D eigenvalue weighted by Gasteiger charge is -2.17. The van der Waals surface area contributed by atoms with Gasteiger partial charge in [0.2, 0.25) is 0 Å². The molecule has 1 aromatic carbocycles. The first-order valence-corrected chi connectivity index (χ1v) is 8.76. The molecule has 1 fully saturated rings. The molecule has 0 aliphatic heterocycles. The molecule has 1 atom stereocenters. The number of nitrogens with one attached hydrogen (secondary N) is 1. The van der Waals surface area contributed by atoms with Gasteiger partial charge < -0.3 is 11.1 Å². The summed E-state index contributed by atoms with van der Waals surface area (Å²) in [6.07, 6.45) is 3.24. The SMILES string of the molecule is CC1(C)CCC(NC(=O)c2sc3cccc(Br)c3c2N)C1. The highest BCUT2D eigenvalue weighted by atomic mass is 79.9. The summed E-state index contributed by atoms with van der Waals surface area (Å²) in [5.41, 5.74) is 7.09. The predicted octanol–water partition coefficient (Wildman–Crippen LogP) is 4.55. The number of nitrogens with two attached hydrogens (primary N) is 1. The van der Waals surface area contributed by atoms with Crippen molar-refractivity contribution in [3.63, 3.8) is 0 Å². The van der Waals surface area contributed by atoms with E-state index in [1.807, 2.05) is 18.2 Å². The maximum absolute atomic E-state index is 12.5. The maximum atomic E-state index is 12.5. The lowest BCUT2D eigenvalue weighted by Crippen LogP contribution is -2.33. The van der Waals surface area contributed by atoms with Crippen molar-refractivity contribution in [1.82, 2.24) is 5.32 Å². The number of nitrogen functional groups attached to an aromatic ring is 1. The van der Waals surface area contributed by atoms with Gasteiger partial charge in [-0.25, -0.2) is 0 Å². The third-order valence-corrected chi connectivity index (χ3v) is 6.04. The van der Waals surface area contributed by atoms with E-state index < -0.39 is 0 Å². The largest absolute Gasteiger partial charge is 0.397 e. The highest BCUT2D eigenvalue weighted by Gasteiger charge is 2.32. The highest BCUT2D eigenvalue weighted by molar-refractivity contribution is 9.10.